The van der Waals surface area contributed by atoms with Gasteiger partial charge in [-0.05, 0) is 47.2 Å². The van der Waals surface area contributed by atoms with Gasteiger partial charge in [0.05, 0.1) is 30.2 Å². The van der Waals surface area contributed by atoms with Gasteiger partial charge in [0, 0.05) is 70.6 Å². The summed E-state index contributed by atoms with van der Waals surface area (Å²) in [4.78, 5) is 29.8. The number of rotatable bonds is 16. The number of hydrogen-bond donors (Lipinski definition) is 4. The first-order valence-electron chi connectivity index (χ1n) is 18.9. The van der Waals surface area contributed by atoms with Gasteiger partial charge in [0.2, 0.25) is 11.8 Å². The number of ether oxygens (including phenoxy) is 2. The number of hydrogen-bond acceptors (Lipinski definition) is 8. The van der Waals surface area contributed by atoms with Gasteiger partial charge in [-0.1, -0.05) is 97.4 Å². The Morgan fingerprint density at radius 2 is 1.34 bits per heavy atom. The van der Waals surface area contributed by atoms with Crippen LogP contribution in [0.4, 0.5) is 11.4 Å². The van der Waals surface area contributed by atoms with E-state index in [0.717, 1.165) is 80.8 Å². The monoisotopic (exact) mass is 719 g/mol. The number of nitrogens with one attached hydrogen (secondary N) is 2. The molecule has 2 fully saturated rings. The second-order valence-corrected chi connectivity index (χ2v) is 14.1. The Kier molecular flexibility index (Phi) is 14.0. The van der Waals surface area contributed by atoms with Crippen molar-refractivity contribution in [1.29, 1.82) is 0 Å². The van der Waals surface area contributed by atoms with E-state index in [9.17, 15) is 14.7 Å². The average Bonchev–Trinajstić information content (AvgIpc) is 3.19. The summed E-state index contributed by atoms with van der Waals surface area (Å²) in [6.07, 6.45) is 3.11. The molecule has 0 radical (unpaired) electrons. The smallest absolute Gasteiger partial charge is 0.224 e. The largest absolute Gasteiger partial charge is 0.397 e. The first-order valence-corrected chi connectivity index (χ1v) is 18.9. The Bertz CT molecular complexity index is 1730. The van der Waals surface area contributed by atoms with E-state index >= 15 is 0 Å². The molecule has 4 aromatic rings. The Balaban J connectivity index is 0.962. The predicted molar refractivity (Wildman–Crippen MR) is 207 cm³/mol. The number of benzene rings is 4. The van der Waals surface area contributed by atoms with Crippen molar-refractivity contribution < 1.29 is 24.2 Å². The fraction of sp³-hybridized carbons (Fsp3) is 0.395. The molecular weight excluding hydrogens is 667 g/mol. The molecular formula is C43H53N5O5. The molecule has 2 heterocycles. The highest BCUT2D eigenvalue weighted by atomic mass is 16.7. The standard InChI is InChI=1S/C43H53N5O5/c44-38-11-7-8-12-39(38)46-42(51)14-6-2-5-13-41(50)45-28-32-15-21-36(22-16-32)43-52-37(27-40(53-43)35-19-17-34(31-49)18-20-35)30-48-25-23-47(24-26-48)29-33-9-3-1-4-10-33/h1,3-4,7-12,15-22,37,40,43,49H,2,5-6,13-14,23-31,44H2,(H,45,50)(H,46,51)/t37-,40+,43+/m0/s1. The summed E-state index contributed by atoms with van der Waals surface area (Å²) in [5.74, 6) is -0.0795. The van der Waals surface area contributed by atoms with E-state index < -0.39 is 6.29 Å². The molecule has 0 spiro atoms. The van der Waals surface area contributed by atoms with Crippen molar-refractivity contribution in [3.63, 3.8) is 0 Å². The van der Waals surface area contributed by atoms with Crippen molar-refractivity contribution in [2.75, 3.05) is 43.8 Å². The molecule has 2 aliphatic rings. The summed E-state index contributed by atoms with van der Waals surface area (Å²) in [5, 5.41) is 15.4. The van der Waals surface area contributed by atoms with Gasteiger partial charge in [-0.15, -0.1) is 0 Å². The van der Waals surface area contributed by atoms with E-state index in [1.807, 2.05) is 60.7 Å². The zero-order valence-corrected chi connectivity index (χ0v) is 30.5. The molecule has 10 heteroatoms. The third-order valence-corrected chi connectivity index (χ3v) is 10.1. The lowest BCUT2D eigenvalue weighted by Gasteiger charge is -2.40. The summed E-state index contributed by atoms with van der Waals surface area (Å²) >= 11 is 0. The Morgan fingerprint density at radius 1 is 0.698 bits per heavy atom. The van der Waals surface area contributed by atoms with Crippen molar-refractivity contribution in [3.8, 4) is 0 Å². The van der Waals surface area contributed by atoms with Gasteiger partial charge in [0.1, 0.15) is 0 Å². The third-order valence-electron chi connectivity index (χ3n) is 10.1. The summed E-state index contributed by atoms with van der Waals surface area (Å²) in [7, 11) is 0. The molecule has 0 unspecified atom stereocenters. The molecule has 53 heavy (non-hydrogen) atoms. The summed E-state index contributed by atoms with van der Waals surface area (Å²) in [6.45, 7) is 6.30. The van der Waals surface area contributed by atoms with Gasteiger partial charge < -0.3 is 30.9 Å². The van der Waals surface area contributed by atoms with Crippen LogP contribution in [0.5, 0.6) is 0 Å². The maximum Gasteiger partial charge on any atom is 0.224 e. The minimum absolute atomic E-state index is 0.00617. The molecule has 0 saturated carbocycles. The molecule has 0 bridgehead atoms. The quantitative estimate of drug-likeness (QED) is 0.0782. The molecule has 0 aromatic heterocycles. The number of aliphatic hydroxyl groups excluding tert-OH is 1. The van der Waals surface area contributed by atoms with Gasteiger partial charge >= 0.3 is 0 Å². The van der Waals surface area contributed by atoms with Crippen LogP contribution in [0.3, 0.4) is 0 Å². The molecule has 2 saturated heterocycles. The zero-order valence-electron chi connectivity index (χ0n) is 30.5. The number of piperazine rings is 1. The summed E-state index contributed by atoms with van der Waals surface area (Å²) in [6, 6.07) is 33.9. The number of amides is 2. The van der Waals surface area contributed by atoms with E-state index in [-0.39, 0.29) is 30.6 Å². The van der Waals surface area contributed by atoms with E-state index in [1.165, 1.54) is 5.56 Å². The minimum Gasteiger partial charge on any atom is -0.397 e. The number of anilines is 2. The number of para-hydroxylation sites is 2. The highest BCUT2D eigenvalue weighted by Crippen LogP contribution is 2.38. The highest BCUT2D eigenvalue weighted by molar-refractivity contribution is 5.93. The minimum atomic E-state index is -0.522. The van der Waals surface area contributed by atoms with Gasteiger partial charge in [-0.3, -0.25) is 19.4 Å². The predicted octanol–water partition coefficient (Wildman–Crippen LogP) is 6.33. The van der Waals surface area contributed by atoms with Crippen LogP contribution in [0.1, 0.15) is 78.7 Å². The van der Waals surface area contributed by atoms with Crippen molar-refractivity contribution >= 4 is 23.2 Å². The molecule has 280 valence electrons. The Morgan fingerprint density at radius 3 is 2.06 bits per heavy atom. The molecule has 3 atom stereocenters. The fourth-order valence-corrected chi connectivity index (χ4v) is 6.95. The number of unbranched alkanes of at least 4 members (excludes halogenated alkanes) is 2. The zero-order chi connectivity index (χ0) is 36.8. The fourth-order valence-electron chi connectivity index (χ4n) is 6.95. The topological polar surface area (TPSA) is 129 Å². The first kappa shape index (κ1) is 38.2. The first-order chi connectivity index (χ1) is 25.9. The van der Waals surface area contributed by atoms with E-state index in [0.29, 0.717) is 37.2 Å². The van der Waals surface area contributed by atoms with Crippen molar-refractivity contribution in [1.82, 2.24) is 15.1 Å². The molecule has 5 N–H and O–H groups in total. The van der Waals surface area contributed by atoms with Crippen molar-refractivity contribution in [3.05, 3.63) is 131 Å². The van der Waals surface area contributed by atoms with Crippen molar-refractivity contribution in [2.24, 2.45) is 0 Å². The number of aliphatic hydroxyl groups is 1. The van der Waals surface area contributed by atoms with E-state index in [4.69, 9.17) is 15.2 Å². The van der Waals surface area contributed by atoms with Gasteiger partial charge in [0.25, 0.3) is 0 Å². The van der Waals surface area contributed by atoms with Crippen LogP contribution in [0.2, 0.25) is 0 Å². The van der Waals surface area contributed by atoms with Crippen LogP contribution in [0.25, 0.3) is 0 Å². The normalized spacial score (nSPS) is 19.5. The van der Waals surface area contributed by atoms with Crippen LogP contribution in [-0.4, -0.2) is 65.5 Å². The van der Waals surface area contributed by atoms with Crippen LogP contribution >= 0.6 is 0 Å². The molecule has 2 aliphatic heterocycles. The molecule has 0 aliphatic carbocycles. The lowest BCUT2D eigenvalue weighted by Crippen LogP contribution is -2.49. The Hall–Kier alpha value is -4.58. The maximum absolute atomic E-state index is 12.6. The van der Waals surface area contributed by atoms with Crippen LogP contribution in [0, 0.1) is 0 Å². The van der Waals surface area contributed by atoms with Gasteiger partial charge in [0.15, 0.2) is 6.29 Å². The number of nitrogens with zero attached hydrogens (tertiary/aromatic N) is 2. The number of nitrogens with two attached hydrogens (primary N) is 1. The van der Waals surface area contributed by atoms with Crippen LogP contribution < -0.4 is 16.4 Å². The van der Waals surface area contributed by atoms with Gasteiger partial charge in [-0.25, -0.2) is 0 Å². The molecule has 6 rings (SSSR count). The number of nitrogen functional groups attached to an aromatic ring is 1. The van der Waals surface area contributed by atoms with Crippen LogP contribution in [0.15, 0.2) is 103 Å². The van der Waals surface area contributed by atoms with Crippen LogP contribution in [-0.2, 0) is 38.8 Å². The lowest BCUT2D eigenvalue weighted by atomic mass is 9.99. The molecule has 2 amide bonds. The van der Waals surface area contributed by atoms with E-state index in [1.54, 1.807) is 12.1 Å². The third kappa shape index (κ3) is 11.7. The number of carbonyl (C=O) groups excluding carboxylic acids is 2. The second kappa shape index (κ2) is 19.5. The second-order valence-electron chi connectivity index (χ2n) is 14.1. The highest BCUT2D eigenvalue weighted by Gasteiger charge is 2.33. The van der Waals surface area contributed by atoms with Gasteiger partial charge in [-0.2, -0.15) is 0 Å². The molecule has 4 aromatic carbocycles. The van der Waals surface area contributed by atoms with E-state index in [2.05, 4.69) is 50.8 Å². The van der Waals surface area contributed by atoms with Crippen molar-refractivity contribution in [2.45, 2.75) is 76.7 Å². The maximum atomic E-state index is 12.6. The molecule has 10 nitrogen and oxygen atoms in total. The lowest BCUT2D eigenvalue weighted by molar-refractivity contribution is -0.253. The Labute approximate surface area is 313 Å². The SMILES string of the molecule is Nc1ccccc1NC(=O)CCCCCC(=O)NCc1ccc([C@@H]2O[C@H](CN3CCN(Cc4ccccc4)CC3)C[C@H](c3ccc(CO)cc3)O2)cc1. The summed E-state index contributed by atoms with van der Waals surface area (Å²) < 4.78 is 13.2. The summed E-state index contributed by atoms with van der Waals surface area (Å²) in [5.41, 5.74) is 12.3. The average molecular weight is 720 g/mol. The number of carbonyl (C=O) groups is 2.